The first-order valence-electron chi connectivity index (χ1n) is 8.52. The third-order valence-electron chi connectivity index (χ3n) is 3.96. The number of H-pyrrole nitrogens is 1. The summed E-state index contributed by atoms with van der Waals surface area (Å²) in [5.74, 6) is 1.60. The molecule has 0 spiro atoms. The van der Waals surface area contributed by atoms with Gasteiger partial charge in [-0.3, -0.25) is 14.6 Å². The van der Waals surface area contributed by atoms with E-state index in [2.05, 4.69) is 20.4 Å². The summed E-state index contributed by atoms with van der Waals surface area (Å²) in [5.41, 5.74) is 1.72. The highest BCUT2D eigenvalue weighted by molar-refractivity contribution is 6.01. The Kier molecular flexibility index (Phi) is 4.40. The predicted octanol–water partition coefficient (Wildman–Crippen LogP) is 1.95. The Balaban J connectivity index is 1.54. The predicted molar refractivity (Wildman–Crippen MR) is 102 cm³/mol. The molecule has 0 atom stereocenters. The van der Waals surface area contributed by atoms with E-state index in [0.29, 0.717) is 28.7 Å². The van der Waals surface area contributed by atoms with Crippen LogP contribution in [-0.2, 0) is 4.79 Å². The zero-order valence-corrected chi connectivity index (χ0v) is 15.2. The molecule has 2 aromatic heterocycles. The second kappa shape index (κ2) is 7.03. The quantitative estimate of drug-likeness (QED) is 0.671. The van der Waals surface area contributed by atoms with Crippen molar-refractivity contribution in [3.8, 4) is 17.4 Å². The molecular formula is C19H17N5O4. The van der Waals surface area contributed by atoms with Gasteiger partial charge in [0.05, 0.1) is 5.69 Å². The van der Waals surface area contributed by atoms with Crippen molar-refractivity contribution >= 4 is 17.8 Å². The molecule has 1 aliphatic heterocycles. The fourth-order valence-electron chi connectivity index (χ4n) is 2.77. The zero-order chi connectivity index (χ0) is 19.7. The topological polar surface area (TPSA) is 111 Å². The number of hydrogen-bond acceptors (Lipinski definition) is 6. The number of rotatable bonds is 4. The van der Waals surface area contributed by atoms with Gasteiger partial charge in [0.15, 0.2) is 11.5 Å². The van der Waals surface area contributed by atoms with Crippen molar-refractivity contribution in [2.45, 2.75) is 13.8 Å². The lowest BCUT2D eigenvalue weighted by atomic mass is 10.2. The van der Waals surface area contributed by atoms with Crippen molar-refractivity contribution in [1.29, 1.82) is 0 Å². The number of benzene rings is 1. The van der Waals surface area contributed by atoms with Gasteiger partial charge in [0.2, 0.25) is 18.6 Å². The van der Waals surface area contributed by atoms with Crippen molar-refractivity contribution in [2.75, 3.05) is 12.1 Å². The minimum Gasteiger partial charge on any atom is -0.454 e. The second-order valence-electron chi connectivity index (χ2n) is 6.23. The molecular weight excluding hydrogens is 362 g/mol. The highest BCUT2D eigenvalue weighted by Crippen LogP contribution is 2.32. The number of aromatic nitrogens is 4. The van der Waals surface area contributed by atoms with Crippen LogP contribution in [0.4, 0.5) is 5.82 Å². The van der Waals surface area contributed by atoms with Crippen molar-refractivity contribution in [2.24, 2.45) is 0 Å². The van der Waals surface area contributed by atoms with Gasteiger partial charge in [-0.05, 0) is 37.6 Å². The van der Waals surface area contributed by atoms with E-state index in [1.54, 1.807) is 38.1 Å². The molecule has 0 unspecified atom stereocenters. The van der Waals surface area contributed by atoms with Crippen molar-refractivity contribution in [1.82, 2.24) is 19.7 Å². The van der Waals surface area contributed by atoms with Crippen LogP contribution in [-0.4, -0.2) is 32.4 Å². The van der Waals surface area contributed by atoms with Gasteiger partial charge in [0, 0.05) is 23.9 Å². The van der Waals surface area contributed by atoms with E-state index in [1.807, 2.05) is 6.07 Å². The lowest BCUT2D eigenvalue weighted by Gasteiger charge is -2.07. The maximum absolute atomic E-state index is 12.4. The van der Waals surface area contributed by atoms with E-state index >= 15 is 0 Å². The molecule has 142 valence electrons. The molecule has 1 amide bonds. The number of aromatic amines is 1. The van der Waals surface area contributed by atoms with Gasteiger partial charge in [-0.1, -0.05) is 6.07 Å². The molecule has 9 nitrogen and oxygen atoms in total. The zero-order valence-electron chi connectivity index (χ0n) is 15.2. The largest absolute Gasteiger partial charge is 0.454 e. The fraction of sp³-hybridized carbons (Fsp3) is 0.158. The smallest absolute Gasteiger partial charge is 0.252 e. The summed E-state index contributed by atoms with van der Waals surface area (Å²) in [4.78, 5) is 30.9. The molecule has 0 fully saturated rings. The van der Waals surface area contributed by atoms with E-state index in [-0.39, 0.29) is 24.2 Å². The first-order valence-corrected chi connectivity index (χ1v) is 8.52. The number of fused-ring (bicyclic) bond motifs is 1. The summed E-state index contributed by atoms with van der Waals surface area (Å²) < 4.78 is 12.0. The van der Waals surface area contributed by atoms with Crippen LogP contribution in [0.2, 0.25) is 0 Å². The number of aryl methyl sites for hydroxylation is 2. The van der Waals surface area contributed by atoms with Crippen LogP contribution >= 0.6 is 0 Å². The Hall–Kier alpha value is -3.88. The number of anilines is 1. The first kappa shape index (κ1) is 17.5. The summed E-state index contributed by atoms with van der Waals surface area (Å²) in [6.45, 7) is 3.69. The van der Waals surface area contributed by atoms with Gasteiger partial charge in [-0.15, -0.1) is 0 Å². The summed E-state index contributed by atoms with van der Waals surface area (Å²) in [5, 5.41) is 7.04. The molecule has 3 aromatic rings. The number of amides is 1. The average molecular weight is 379 g/mol. The summed E-state index contributed by atoms with van der Waals surface area (Å²) in [6.07, 6.45) is 3.06. The molecule has 9 heteroatoms. The summed E-state index contributed by atoms with van der Waals surface area (Å²) in [6, 6.07) is 8.48. The molecule has 0 aliphatic carbocycles. The van der Waals surface area contributed by atoms with Gasteiger partial charge in [0.25, 0.3) is 5.56 Å². The van der Waals surface area contributed by atoms with Gasteiger partial charge >= 0.3 is 0 Å². The minimum absolute atomic E-state index is 0.196. The number of carbonyl (C=O) groups is 1. The van der Waals surface area contributed by atoms with Crippen LogP contribution in [0.5, 0.6) is 11.5 Å². The van der Waals surface area contributed by atoms with E-state index in [9.17, 15) is 9.59 Å². The Bertz CT molecular complexity index is 1150. The van der Waals surface area contributed by atoms with Crippen molar-refractivity contribution < 1.29 is 14.3 Å². The molecule has 0 bridgehead atoms. The molecule has 4 rings (SSSR count). The van der Waals surface area contributed by atoms with Gasteiger partial charge < -0.3 is 14.8 Å². The number of ether oxygens (including phenoxy) is 2. The molecule has 0 radical (unpaired) electrons. The average Bonchev–Trinajstić information content (AvgIpc) is 3.25. The highest BCUT2D eigenvalue weighted by Gasteiger charge is 2.14. The third-order valence-corrected chi connectivity index (χ3v) is 3.96. The Morgan fingerprint density at radius 2 is 2.00 bits per heavy atom. The lowest BCUT2D eigenvalue weighted by Crippen LogP contribution is -2.17. The molecule has 2 N–H and O–H groups in total. The Morgan fingerprint density at radius 1 is 1.18 bits per heavy atom. The van der Waals surface area contributed by atoms with Gasteiger partial charge in [0.1, 0.15) is 5.82 Å². The minimum atomic E-state index is -0.353. The van der Waals surface area contributed by atoms with Crippen LogP contribution in [0.25, 0.3) is 12.0 Å². The number of nitrogens with one attached hydrogen (secondary N) is 2. The molecule has 1 aromatic carbocycles. The maximum atomic E-state index is 12.4. The van der Waals surface area contributed by atoms with E-state index in [0.717, 1.165) is 5.56 Å². The van der Waals surface area contributed by atoms with Crippen LogP contribution < -0.4 is 20.3 Å². The Labute approximate surface area is 159 Å². The standard InChI is InChI=1S/C19H17N5O4/c1-11-8-18(26)22-19(20-11)24-16(7-12(2)23-24)21-17(25)6-4-13-3-5-14-15(9-13)28-10-27-14/h3-9H,10H2,1-2H3,(H,21,25)(H,20,22,26). The molecule has 0 saturated heterocycles. The maximum Gasteiger partial charge on any atom is 0.252 e. The van der Waals surface area contributed by atoms with E-state index in [1.165, 1.54) is 16.8 Å². The van der Waals surface area contributed by atoms with E-state index in [4.69, 9.17) is 9.47 Å². The normalized spacial score (nSPS) is 12.5. The molecule has 3 heterocycles. The number of hydrogen-bond donors (Lipinski definition) is 2. The molecule has 28 heavy (non-hydrogen) atoms. The molecule has 1 aliphatic rings. The second-order valence-corrected chi connectivity index (χ2v) is 6.23. The van der Waals surface area contributed by atoms with Gasteiger partial charge in [-0.2, -0.15) is 9.78 Å². The van der Waals surface area contributed by atoms with Crippen LogP contribution in [0.1, 0.15) is 17.0 Å². The number of nitrogens with zero attached hydrogens (tertiary/aromatic N) is 3. The summed E-state index contributed by atoms with van der Waals surface area (Å²) in [7, 11) is 0. The SMILES string of the molecule is Cc1cc(=O)[nH]c(-n2nc(C)cc2NC(=O)C=Cc2ccc3c(c2)OCO3)n1. The first-order chi connectivity index (χ1) is 13.5. The van der Waals surface area contributed by atoms with E-state index < -0.39 is 0 Å². The Morgan fingerprint density at radius 3 is 2.82 bits per heavy atom. The van der Waals surface area contributed by atoms with Crippen LogP contribution in [0.3, 0.4) is 0 Å². The third kappa shape index (κ3) is 3.63. The van der Waals surface area contributed by atoms with Crippen molar-refractivity contribution in [3.63, 3.8) is 0 Å². The lowest BCUT2D eigenvalue weighted by molar-refractivity contribution is -0.111. The molecule has 0 saturated carbocycles. The van der Waals surface area contributed by atoms with Crippen LogP contribution in [0, 0.1) is 13.8 Å². The number of carbonyl (C=O) groups excluding carboxylic acids is 1. The highest BCUT2D eigenvalue weighted by atomic mass is 16.7. The monoisotopic (exact) mass is 379 g/mol. The fourth-order valence-corrected chi connectivity index (χ4v) is 2.77. The van der Waals surface area contributed by atoms with Gasteiger partial charge in [-0.25, -0.2) is 4.98 Å². The van der Waals surface area contributed by atoms with Crippen molar-refractivity contribution in [3.05, 3.63) is 63.7 Å². The van der Waals surface area contributed by atoms with Crippen LogP contribution in [0.15, 0.2) is 41.2 Å². The summed E-state index contributed by atoms with van der Waals surface area (Å²) >= 11 is 0.